The molecule has 0 aromatic heterocycles. The van der Waals surface area contributed by atoms with Gasteiger partial charge >= 0.3 is 0 Å². The van der Waals surface area contributed by atoms with Gasteiger partial charge < -0.3 is 0 Å². The molecule has 4 aromatic rings. The molecule has 0 spiro atoms. The molecule has 2 aliphatic rings. The van der Waals surface area contributed by atoms with Gasteiger partial charge in [0, 0.05) is 40.2 Å². The number of halogens is 4. The Kier molecular flexibility index (Phi) is 6.64. The fourth-order valence-electron chi connectivity index (χ4n) is 4.93. The van der Waals surface area contributed by atoms with Crippen LogP contribution in [0.25, 0.3) is 29.1 Å². The molecule has 0 N–H and O–H groups in total. The van der Waals surface area contributed by atoms with Crippen LogP contribution in [0.3, 0.4) is 0 Å². The maximum Gasteiger partial charge on any atom is 0.0339 e. The van der Waals surface area contributed by atoms with Crippen molar-refractivity contribution in [2.75, 3.05) is 0 Å². The van der Waals surface area contributed by atoms with E-state index in [2.05, 4.69) is 161 Å². The van der Waals surface area contributed by atoms with Crippen LogP contribution in [0, 0.1) is 0 Å². The summed E-state index contributed by atoms with van der Waals surface area (Å²) in [5, 5.41) is 0. The molecule has 0 fully saturated rings. The number of allylic oxidation sites excluding steroid dienone is 4. The van der Waals surface area contributed by atoms with E-state index >= 15 is 0 Å². The lowest BCUT2D eigenvalue weighted by atomic mass is 9.90. The van der Waals surface area contributed by atoms with E-state index in [9.17, 15) is 0 Å². The van der Waals surface area contributed by atoms with Crippen LogP contribution in [-0.2, 0) is 0 Å². The van der Waals surface area contributed by atoms with Gasteiger partial charge in [-0.1, -0.05) is 109 Å². The highest BCUT2D eigenvalue weighted by atomic mass is 79.9. The van der Waals surface area contributed by atoms with Crippen molar-refractivity contribution in [2.45, 2.75) is 0 Å². The van der Waals surface area contributed by atoms with Gasteiger partial charge in [0.05, 0.1) is 0 Å². The maximum atomic E-state index is 4.03. The fraction of sp³-hybridized carbons (Fsp3) is 0. The van der Waals surface area contributed by atoms with Gasteiger partial charge in [-0.15, -0.1) is 0 Å². The molecule has 0 nitrogen and oxygen atoms in total. The zero-order valence-corrected chi connectivity index (χ0v) is 25.2. The number of benzene rings is 4. The van der Waals surface area contributed by atoms with Crippen molar-refractivity contribution >= 4 is 92.8 Å². The zero-order valence-electron chi connectivity index (χ0n) is 18.9. The van der Waals surface area contributed by atoms with E-state index in [0.29, 0.717) is 0 Å². The van der Waals surface area contributed by atoms with Crippen LogP contribution in [0.2, 0.25) is 0 Å². The van der Waals surface area contributed by atoms with Crippen molar-refractivity contribution in [1.82, 2.24) is 0 Å². The first kappa shape index (κ1) is 24.1. The third kappa shape index (κ3) is 3.90. The summed E-state index contributed by atoms with van der Waals surface area (Å²) in [6.45, 7) is 0. The van der Waals surface area contributed by atoms with Gasteiger partial charge in [0.25, 0.3) is 0 Å². The summed E-state index contributed by atoms with van der Waals surface area (Å²) in [4.78, 5) is 0. The SMILES string of the molecule is BrC(=C1C(C2=C(Br)c3ccccc3C2=C(Br)c2ccccc2)=C(Br)c2ccccc21)c1ccccc1. The van der Waals surface area contributed by atoms with Crippen LogP contribution < -0.4 is 0 Å². The monoisotopic (exact) mass is 718 g/mol. The first-order valence-electron chi connectivity index (χ1n) is 11.5. The van der Waals surface area contributed by atoms with E-state index in [0.717, 1.165) is 40.2 Å². The van der Waals surface area contributed by atoms with E-state index in [1.807, 2.05) is 12.1 Å². The van der Waals surface area contributed by atoms with E-state index < -0.39 is 0 Å². The molecular formula is C32H18Br4. The molecule has 174 valence electrons. The Hall–Kier alpha value is -2.24. The third-order valence-electron chi connectivity index (χ3n) is 6.55. The number of hydrogen-bond acceptors (Lipinski definition) is 0. The van der Waals surface area contributed by atoms with E-state index in [1.165, 1.54) is 33.4 Å². The lowest BCUT2D eigenvalue weighted by molar-refractivity contribution is 1.58. The van der Waals surface area contributed by atoms with Gasteiger partial charge in [-0.25, -0.2) is 0 Å². The predicted octanol–water partition coefficient (Wildman–Crippen LogP) is 11.2. The molecule has 6 rings (SSSR count). The Morgan fingerprint density at radius 1 is 0.389 bits per heavy atom. The van der Waals surface area contributed by atoms with Crippen LogP contribution in [0.4, 0.5) is 0 Å². The van der Waals surface area contributed by atoms with Crippen LogP contribution in [-0.4, -0.2) is 0 Å². The van der Waals surface area contributed by atoms with Crippen molar-refractivity contribution in [3.8, 4) is 0 Å². The van der Waals surface area contributed by atoms with E-state index in [1.54, 1.807) is 0 Å². The lowest BCUT2D eigenvalue weighted by Crippen LogP contribution is -1.96. The standard InChI is InChI=1S/C32H18Br4/c33-29(19-11-3-1-4-12-19)25-21-15-7-9-17-23(21)31(35)27(25)28-26(30(34)20-13-5-2-6-14-20)22-16-8-10-18-24(22)32(28)36/h1-18H. The second-order valence-electron chi connectivity index (χ2n) is 8.58. The van der Waals surface area contributed by atoms with Crippen LogP contribution in [0.5, 0.6) is 0 Å². The first-order chi connectivity index (χ1) is 17.6. The zero-order chi connectivity index (χ0) is 24.8. The summed E-state index contributed by atoms with van der Waals surface area (Å²) in [7, 11) is 0. The number of hydrogen-bond donors (Lipinski definition) is 0. The molecule has 36 heavy (non-hydrogen) atoms. The van der Waals surface area contributed by atoms with Gasteiger partial charge in [0.1, 0.15) is 0 Å². The summed E-state index contributed by atoms with van der Waals surface area (Å²) in [5.74, 6) is 0. The van der Waals surface area contributed by atoms with Gasteiger partial charge in [0.2, 0.25) is 0 Å². The van der Waals surface area contributed by atoms with Crippen molar-refractivity contribution in [3.05, 3.63) is 154 Å². The summed E-state index contributed by atoms with van der Waals surface area (Å²) in [6.07, 6.45) is 0. The highest BCUT2D eigenvalue weighted by molar-refractivity contribution is 9.15. The van der Waals surface area contributed by atoms with Gasteiger partial charge in [-0.05, 0) is 97.1 Å². The summed E-state index contributed by atoms with van der Waals surface area (Å²) in [5.41, 5.74) is 11.7. The average molecular weight is 722 g/mol. The van der Waals surface area contributed by atoms with Crippen molar-refractivity contribution in [1.29, 1.82) is 0 Å². The molecule has 0 unspecified atom stereocenters. The molecule has 0 radical (unpaired) electrons. The van der Waals surface area contributed by atoms with Gasteiger partial charge in [0.15, 0.2) is 0 Å². The van der Waals surface area contributed by atoms with Gasteiger partial charge in [-0.3, -0.25) is 0 Å². The van der Waals surface area contributed by atoms with E-state index in [4.69, 9.17) is 0 Å². The molecular weight excluding hydrogens is 704 g/mol. The molecule has 0 atom stereocenters. The molecule has 4 aromatic carbocycles. The predicted molar refractivity (Wildman–Crippen MR) is 169 cm³/mol. The molecule has 0 amide bonds. The fourth-order valence-corrected chi connectivity index (χ4v) is 7.76. The Labute approximate surface area is 244 Å². The molecule has 0 saturated carbocycles. The first-order valence-corrected chi connectivity index (χ1v) is 14.7. The second kappa shape index (κ2) is 9.90. The minimum atomic E-state index is 1.07. The largest absolute Gasteiger partial charge is 0.0622 e. The van der Waals surface area contributed by atoms with Crippen molar-refractivity contribution < 1.29 is 0 Å². The normalized spacial score (nSPS) is 17.3. The quantitative estimate of drug-likeness (QED) is 0.198. The smallest absolute Gasteiger partial charge is 0.0339 e. The van der Waals surface area contributed by atoms with Crippen molar-refractivity contribution in [3.63, 3.8) is 0 Å². The topological polar surface area (TPSA) is 0 Å². The molecule has 0 aliphatic heterocycles. The lowest BCUT2D eigenvalue weighted by Gasteiger charge is -2.17. The molecule has 4 heteroatoms. The maximum absolute atomic E-state index is 4.03. The number of rotatable bonds is 3. The summed E-state index contributed by atoms with van der Waals surface area (Å²) >= 11 is 16.1. The Balaban J connectivity index is 1.70. The molecule has 0 saturated heterocycles. The minimum Gasteiger partial charge on any atom is -0.0622 e. The Morgan fingerprint density at radius 2 is 0.694 bits per heavy atom. The van der Waals surface area contributed by atoms with Crippen molar-refractivity contribution in [2.24, 2.45) is 0 Å². The third-order valence-corrected chi connectivity index (χ3v) is 9.90. The highest BCUT2D eigenvalue weighted by Gasteiger charge is 2.37. The molecule has 0 heterocycles. The van der Waals surface area contributed by atoms with E-state index in [-0.39, 0.29) is 0 Å². The molecule has 0 bridgehead atoms. The van der Waals surface area contributed by atoms with Crippen LogP contribution in [0.1, 0.15) is 33.4 Å². The Bertz CT molecular complexity index is 1510. The highest BCUT2D eigenvalue weighted by Crippen LogP contribution is 2.59. The van der Waals surface area contributed by atoms with Crippen LogP contribution in [0.15, 0.2) is 120 Å². The second-order valence-corrected chi connectivity index (χ2v) is 11.8. The molecule has 2 aliphatic carbocycles. The van der Waals surface area contributed by atoms with Crippen LogP contribution >= 0.6 is 63.7 Å². The summed E-state index contributed by atoms with van der Waals surface area (Å²) in [6, 6.07) is 38.2. The average Bonchev–Trinajstić information content (AvgIpc) is 3.39. The number of fused-ring (bicyclic) bond motifs is 2. The minimum absolute atomic E-state index is 1.07. The van der Waals surface area contributed by atoms with Gasteiger partial charge in [-0.2, -0.15) is 0 Å². The summed E-state index contributed by atoms with van der Waals surface area (Å²) < 4.78 is 4.32. The Morgan fingerprint density at radius 3 is 1.06 bits per heavy atom.